The third-order valence-electron chi connectivity index (χ3n) is 2.48. The van der Waals surface area contributed by atoms with Gasteiger partial charge >= 0.3 is 0 Å². The topological polar surface area (TPSA) is 54.0 Å². The van der Waals surface area contributed by atoms with Crippen molar-refractivity contribution < 1.29 is 4.79 Å². The van der Waals surface area contributed by atoms with E-state index in [-0.39, 0.29) is 24.4 Å². The van der Waals surface area contributed by atoms with Gasteiger partial charge in [-0.25, -0.2) is 4.98 Å². The van der Waals surface area contributed by atoms with Gasteiger partial charge in [0.2, 0.25) is 5.91 Å². The molecule has 2 heterocycles. The number of carbonyl (C=O) groups is 1. The van der Waals surface area contributed by atoms with E-state index in [1.54, 1.807) is 0 Å². The zero-order valence-electron chi connectivity index (χ0n) is 9.16. The first-order valence-electron chi connectivity index (χ1n) is 5.22. The van der Waals surface area contributed by atoms with Crippen LogP contribution in [-0.4, -0.2) is 23.5 Å². The molecule has 0 spiro atoms. The number of thiazole rings is 1. The molecule has 1 aliphatic rings. The van der Waals surface area contributed by atoms with Gasteiger partial charge in [-0.2, -0.15) is 0 Å². The van der Waals surface area contributed by atoms with Gasteiger partial charge in [0.05, 0.1) is 11.7 Å². The molecular weight excluding hydrogens is 246 g/mol. The summed E-state index contributed by atoms with van der Waals surface area (Å²) < 4.78 is 0. The molecule has 0 radical (unpaired) electrons. The van der Waals surface area contributed by atoms with E-state index < -0.39 is 0 Å². The van der Waals surface area contributed by atoms with Crippen molar-refractivity contribution in [3.63, 3.8) is 0 Å². The largest absolute Gasteiger partial charge is 0.306 e. The molecule has 90 valence electrons. The zero-order chi connectivity index (χ0) is 10.7. The van der Waals surface area contributed by atoms with Gasteiger partial charge in [-0.3, -0.25) is 4.79 Å². The number of halogens is 1. The summed E-state index contributed by atoms with van der Waals surface area (Å²) in [7, 11) is 0. The van der Waals surface area contributed by atoms with Crippen LogP contribution in [0.3, 0.4) is 0 Å². The van der Waals surface area contributed by atoms with Gasteiger partial charge in [-0.05, 0) is 26.3 Å². The second-order valence-electron chi connectivity index (χ2n) is 3.79. The third kappa shape index (κ3) is 3.43. The van der Waals surface area contributed by atoms with Crippen LogP contribution in [0, 0.1) is 6.92 Å². The molecule has 6 heteroatoms. The minimum absolute atomic E-state index is 0. The van der Waals surface area contributed by atoms with E-state index in [1.165, 1.54) is 17.8 Å². The highest BCUT2D eigenvalue weighted by molar-refractivity contribution is 7.13. The summed E-state index contributed by atoms with van der Waals surface area (Å²) in [5, 5.41) is 8.68. The van der Waals surface area contributed by atoms with Crippen LogP contribution in [-0.2, 0) is 4.79 Å². The Morgan fingerprint density at radius 2 is 2.44 bits per heavy atom. The Kier molecular flexibility index (Phi) is 5.18. The first kappa shape index (κ1) is 13.4. The second kappa shape index (κ2) is 6.18. The molecule has 1 aromatic rings. The molecule has 0 aromatic carbocycles. The quantitative estimate of drug-likeness (QED) is 0.856. The molecule has 1 saturated heterocycles. The second-order valence-corrected chi connectivity index (χ2v) is 4.64. The van der Waals surface area contributed by atoms with Gasteiger partial charge < -0.3 is 10.6 Å². The Balaban J connectivity index is 0.00000128. The van der Waals surface area contributed by atoms with Crippen molar-refractivity contribution in [1.82, 2.24) is 10.3 Å². The molecule has 1 aliphatic heterocycles. The Hall–Kier alpha value is -0.650. The summed E-state index contributed by atoms with van der Waals surface area (Å²) in [5.41, 5.74) is 0.951. The van der Waals surface area contributed by atoms with Crippen molar-refractivity contribution in [3.8, 4) is 0 Å². The minimum Gasteiger partial charge on any atom is -0.306 e. The van der Waals surface area contributed by atoms with Crippen LogP contribution < -0.4 is 10.6 Å². The number of hydrogen-bond acceptors (Lipinski definition) is 4. The molecule has 2 rings (SSSR count). The highest BCUT2D eigenvalue weighted by Gasteiger charge is 2.20. The lowest BCUT2D eigenvalue weighted by Crippen LogP contribution is -2.43. The van der Waals surface area contributed by atoms with Crippen molar-refractivity contribution in [2.24, 2.45) is 0 Å². The summed E-state index contributed by atoms with van der Waals surface area (Å²) >= 11 is 1.47. The summed E-state index contributed by atoms with van der Waals surface area (Å²) in [6, 6.07) is -0.0389. The molecule has 2 N–H and O–H groups in total. The van der Waals surface area contributed by atoms with Crippen LogP contribution in [0.15, 0.2) is 5.38 Å². The minimum atomic E-state index is -0.0389. The normalized spacial score (nSPS) is 19.9. The maximum Gasteiger partial charge on any atom is 0.243 e. The molecule has 0 aliphatic carbocycles. The summed E-state index contributed by atoms with van der Waals surface area (Å²) in [4.78, 5) is 16.0. The van der Waals surface area contributed by atoms with Crippen LogP contribution in [0.4, 0.5) is 5.13 Å². The Morgan fingerprint density at radius 3 is 3.00 bits per heavy atom. The van der Waals surface area contributed by atoms with Gasteiger partial charge in [0.15, 0.2) is 5.13 Å². The van der Waals surface area contributed by atoms with Crippen LogP contribution in [0.25, 0.3) is 0 Å². The van der Waals surface area contributed by atoms with E-state index in [9.17, 15) is 4.79 Å². The molecule has 1 fully saturated rings. The molecule has 1 unspecified atom stereocenters. The van der Waals surface area contributed by atoms with E-state index in [2.05, 4.69) is 15.6 Å². The number of aryl methyl sites for hydroxylation is 1. The fourth-order valence-corrected chi connectivity index (χ4v) is 2.37. The van der Waals surface area contributed by atoms with Crippen molar-refractivity contribution in [1.29, 1.82) is 0 Å². The highest BCUT2D eigenvalue weighted by atomic mass is 35.5. The Bertz CT molecular complexity index is 350. The number of carbonyl (C=O) groups excluding carboxylic acids is 1. The molecule has 0 saturated carbocycles. The van der Waals surface area contributed by atoms with Crippen LogP contribution in [0.5, 0.6) is 0 Å². The predicted molar refractivity (Wildman–Crippen MR) is 68.4 cm³/mol. The zero-order valence-corrected chi connectivity index (χ0v) is 10.8. The number of nitrogens with one attached hydrogen (secondary N) is 2. The molecule has 1 aromatic heterocycles. The van der Waals surface area contributed by atoms with E-state index in [0.717, 1.165) is 25.1 Å². The van der Waals surface area contributed by atoms with Gasteiger partial charge in [-0.15, -0.1) is 23.7 Å². The van der Waals surface area contributed by atoms with Gasteiger partial charge in [0.25, 0.3) is 0 Å². The van der Waals surface area contributed by atoms with Gasteiger partial charge in [0, 0.05) is 5.38 Å². The lowest BCUT2D eigenvalue weighted by molar-refractivity contribution is -0.118. The van der Waals surface area contributed by atoms with Crippen LogP contribution in [0.2, 0.25) is 0 Å². The van der Waals surface area contributed by atoms with Crippen LogP contribution >= 0.6 is 23.7 Å². The highest BCUT2D eigenvalue weighted by Crippen LogP contribution is 2.16. The average molecular weight is 262 g/mol. The van der Waals surface area contributed by atoms with E-state index in [4.69, 9.17) is 0 Å². The molecule has 1 amide bonds. The number of amides is 1. The molecular formula is C10H16ClN3OS. The maximum absolute atomic E-state index is 11.8. The number of piperidine rings is 1. The van der Waals surface area contributed by atoms with Crippen molar-refractivity contribution in [3.05, 3.63) is 11.1 Å². The average Bonchev–Trinajstić information content (AvgIpc) is 2.65. The van der Waals surface area contributed by atoms with Crippen LogP contribution in [0.1, 0.15) is 25.0 Å². The number of nitrogens with zero attached hydrogens (tertiary/aromatic N) is 1. The first-order valence-corrected chi connectivity index (χ1v) is 6.10. The summed E-state index contributed by atoms with van der Waals surface area (Å²) in [6.07, 6.45) is 3.22. The molecule has 4 nitrogen and oxygen atoms in total. The number of hydrogen-bond donors (Lipinski definition) is 2. The lowest BCUT2D eigenvalue weighted by atomic mass is 10.0. The van der Waals surface area contributed by atoms with Gasteiger partial charge in [-0.1, -0.05) is 6.42 Å². The van der Waals surface area contributed by atoms with Crippen molar-refractivity contribution in [2.45, 2.75) is 32.2 Å². The van der Waals surface area contributed by atoms with E-state index in [0.29, 0.717) is 5.13 Å². The number of anilines is 1. The third-order valence-corrected chi connectivity index (χ3v) is 3.35. The first-order chi connectivity index (χ1) is 7.25. The fraction of sp³-hybridized carbons (Fsp3) is 0.600. The molecule has 1 atom stereocenters. The molecule has 16 heavy (non-hydrogen) atoms. The Morgan fingerprint density at radius 1 is 1.62 bits per heavy atom. The van der Waals surface area contributed by atoms with Crippen molar-refractivity contribution in [2.75, 3.05) is 11.9 Å². The number of rotatable bonds is 2. The lowest BCUT2D eigenvalue weighted by Gasteiger charge is -2.21. The van der Waals surface area contributed by atoms with Crippen molar-refractivity contribution >= 4 is 34.8 Å². The number of aromatic nitrogens is 1. The summed E-state index contributed by atoms with van der Waals surface area (Å²) in [6.45, 7) is 2.86. The summed E-state index contributed by atoms with van der Waals surface area (Å²) in [5.74, 6) is 0.0454. The predicted octanol–water partition coefficient (Wildman–Crippen LogP) is 1.95. The van der Waals surface area contributed by atoms with E-state index >= 15 is 0 Å². The monoisotopic (exact) mass is 261 g/mol. The smallest absolute Gasteiger partial charge is 0.243 e. The molecule has 0 bridgehead atoms. The SMILES string of the molecule is Cc1csc(NC(=O)C2CCCCN2)n1.Cl. The maximum atomic E-state index is 11.8. The standard InChI is InChI=1S/C10H15N3OS.ClH/c1-7-6-15-10(12-7)13-9(14)8-4-2-3-5-11-8;/h6,8,11H,2-5H2,1H3,(H,12,13,14);1H. The van der Waals surface area contributed by atoms with Gasteiger partial charge in [0.1, 0.15) is 0 Å². The fourth-order valence-electron chi connectivity index (χ4n) is 1.68. The van der Waals surface area contributed by atoms with E-state index in [1.807, 2.05) is 12.3 Å². The Labute approximate surface area is 105 Å².